The Morgan fingerprint density at radius 3 is 2.89 bits per heavy atom. The van der Waals surface area contributed by atoms with Crippen molar-refractivity contribution in [3.8, 4) is 5.69 Å². The molecule has 6 nitrogen and oxygen atoms in total. The van der Waals surface area contributed by atoms with E-state index in [0.717, 1.165) is 4.47 Å². The first kappa shape index (κ1) is 11.8. The molecule has 0 unspecified atom stereocenters. The Morgan fingerprint density at radius 1 is 1.32 bits per heavy atom. The average molecular weight is 319 g/mol. The summed E-state index contributed by atoms with van der Waals surface area (Å²) in [5.74, 6) is -1.01. The number of carbonyl (C=O) groups is 1. The zero-order chi connectivity index (χ0) is 13.4. The summed E-state index contributed by atoms with van der Waals surface area (Å²) in [5.41, 5.74) is 2.18. The van der Waals surface area contributed by atoms with Gasteiger partial charge in [0.25, 0.3) is 0 Å². The van der Waals surface area contributed by atoms with Crippen molar-refractivity contribution >= 4 is 32.9 Å². The third-order valence-electron chi connectivity index (χ3n) is 2.60. The van der Waals surface area contributed by atoms with Crippen LogP contribution in [0.15, 0.2) is 41.4 Å². The molecule has 0 fully saturated rings. The summed E-state index contributed by atoms with van der Waals surface area (Å²) in [6.07, 6.45) is 6.04. The topological polar surface area (TPSA) is 80.9 Å². The zero-order valence-corrected chi connectivity index (χ0v) is 11.1. The van der Waals surface area contributed by atoms with Crippen molar-refractivity contribution in [3.05, 3.63) is 47.0 Å². The van der Waals surface area contributed by atoms with E-state index in [2.05, 4.69) is 31.0 Å². The number of fused-ring (bicyclic) bond motifs is 1. The molecule has 0 saturated heterocycles. The lowest BCUT2D eigenvalue weighted by Crippen LogP contribution is -1.98. The summed E-state index contributed by atoms with van der Waals surface area (Å²) in [6.45, 7) is 0. The highest BCUT2D eigenvalue weighted by Crippen LogP contribution is 2.21. The van der Waals surface area contributed by atoms with Gasteiger partial charge >= 0.3 is 5.97 Å². The summed E-state index contributed by atoms with van der Waals surface area (Å²) >= 11 is 3.33. The van der Waals surface area contributed by atoms with Gasteiger partial charge < -0.3 is 5.11 Å². The predicted molar refractivity (Wildman–Crippen MR) is 71.3 cm³/mol. The van der Waals surface area contributed by atoms with Crippen molar-refractivity contribution in [2.75, 3.05) is 0 Å². The molecule has 0 radical (unpaired) electrons. The van der Waals surface area contributed by atoms with Gasteiger partial charge in [-0.25, -0.2) is 9.48 Å². The van der Waals surface area contributed by atoms with E-state index in [1.165, 1.54) is 17.1 Å². The van der Waals surface area contributed by atoms with E-state index in [1.54, 1.807) is 18.5 Å². The highest BCUT2D eigenvalue weighted by molar-refractivity contribution is 9.10. The van der Waals surface area contributed by atoms with Crippen LogP contribution in [0.25, 0.3) is 16.7 Å². The molecule has 0 aliphatic heterocycles. The maximum atomic E-state index is 10.9. The molecular formula is C12H7BrN4O2. The summed E-state index contributed by atoms with van der Waals surface area (Å²) in [5, 5.41) is 12.9. The first-order valence-electron chi connectivity index (χ1n) is 5.34. The number of hydrogen-bond acceptors (Lipinski definition) is 4. The number of hydrogen-bond donors (Lipinski definition) is 1. The number of halogens is 1. The highest BCUT2D eigenvalue weighted by atomic mass is 79.9. The minimum atomic E-state index is -1.01. The van der Waals surface area contributed by atoms with Crippen LogP contribution in [-0.2, 0) is 0 Å². The fourth-order valence-corrected chi connectivity index (χ4v) is 2.06. The Kier molecular flexibility index (Phi) is 2.75. The summed E-state index contributed by atoms with van der Waals surface area (Å²) in [7, 11) is 0. The van der Waals surface area contributed by atoms with Crippen molar-refractivity contribution < 1.29 is 9.90 Å². The van der Waals surface area contributed by atoms with E-state index in [1.807, 2.05) is 6.07 Å². The van der Waals surface area contributed by atoms with Crippen molar-refractivity contribution in [1.82, 2.24) is 19.7 Å². The minimum absolute atomic E-state index is 0.127. The van der Waals surface area contributed by atoms with E-state index in [4.69, 9.17) is 5.11 Å². The lowest BCUT2D eigenvalue weighted by Gasteiger charge is -2.04. The zero-order valence-electron chi connectivity index (χ0n) is 9.49. The molecule has 0 spiro atoms. The van der Waals surface area contributed by atoms with Crippen LogP contribution in [0.2, 0.25) is 0 Å². The SMILES string of the molecule is O=C(O)c1cnn(-c2ccnc3cc(Br)cnc23)c1. The van der Waals surface area contributed by atoms with Gasteiger partial charge in [0.2, 0.25) is 0 Å². The van der Waals surface area contributed by atoms with E-state index in [-0.39, 0.29) is 5.56 Å². The molecule has 94 valence electrons. The Balaban J connectivity index is 2.21. The molecule has 3 heterocycles. The average Bonchev–Trinajstić information content (AvgIpc) is 2.87. The van der Waals surface area contributed by atoms with Gasteiger partial charge in [-0.3, -0.25) is 9.97 Å². The molecule has 0 aliphatic carbocycles. The normalized spacial score (nSPS) is 10.8. The smallest absolute Gasteiger partial charge is 0.338 e. The second-order valence-corrected chi connectivity index (χ2v) is 4.75. The van der Waals surface area contributed by atoms with Gasteiger partial charge in [-0.1, -0.05) is 0 Å². The van der Waals surface area contributed by atoms with E-state index >= 15 is 0 Å². The molecule has 3 aromatic heterocycles. The molecule has 0 amide bonds. The first-order chi connectivity index (χ1) is 9.15. The first-order valence-corrected chi connectivity index (χ1v) is 6.13. The van der Waals surface area contributed by atoms with Gasteiger partial charge in [0.05, 0.1) is 23.0 Å². The van der Waals surface area contributed by atoms with Crippen LogP contribution in [0.4, 0.5) is 0 Å². The van der Waals surface area contributed by atoms with Gasteiger partial charge in [-0.2, -0.15) is 5.10 Å². The highest BCUT2D eigenvalue weighted by Gasteiger charge is 2.10. The van der Waals surface area contributed by atoms with Crippen LogP contribution in [-0.4, -0.2) is 30.8 Å². The number of aromatic carboxylic acids is 1. The molecule has 3 rings (SSSR count). The Hall–Kier alpha value is -2.28. The van der Waals surface area contributed by atoms with Crippen LogP contribution < -0.4 is 0 Å². The number of carboxylic acid groups (broad SMARTS) is 1. The minimum Gasteiger partial charge on any atom is -0.478 e. The fourth-order valence-electron chi connectivity index (χ4n) is 1.74. The molecular weight excluding hydrogens is 312 g/mol. The molecule has 0 aliphatic rings. The van der Waals surface area contributed by atoms with E-state index in [0.29, 0.717) is 16.7 Å². The quantitative estimate of drug-likeness (QED) is 0.784. The monoisotopic (exact) mass is 318 g/mol. The largest absolute Gasteiger partial charge is 0.478 e. The van der Waals surface area contributed by atoms with E-state index in [9.17, 15) is 4.79 Å². The predicted octanol–water partition coefficient (Wildman–Crippen LogP) is 2.28. The van der Waals surface area contributed by atoms with Gasteiger partial charge in [0.15, 0.2) is 0 Å². The number of nitrogens with zero attached hydrogens (tertiary/aromatic N) is 4. The molecule has 0 bridgehead atoms. The van der Waals surface area contributed by atoms with Gasteiger partial charge in [0.1, 0.15) is 5.52 Å². The Labute approximate surface area is 115 Å². The summed E-state index contributed by atoms with van der Waals surface area (Å²) in [4.78, 5) is 19.4. The Morgan fingerprint density at radius 2 is 2.16 bits per heavy atom. The van der Waals surface area contributed by atoms with Crippen LogP contribution >= 0.6 is 15.9 Å². The van der Waals surface area contributed by atoms with Crippen molar-refractivity contribution in [2.24, 2.45) is 0 Å². The van der Waals surface area contributed by atoms with Crippen LogP contribution in [0.5, 0.6) is 0 Å². The molecule has 3 aromatic rings. The molecule has 19 heavy (non-hydrogen) atoms. The van der Waals surface area contributed by atoms with E-state index < -0.39 is 5.97 Å². The number of pyridine rings is 2. The third-order valence-corrected chi connectivity index (χ3v) is 3.03. The standard InChI is InChI=1S/C12H7BrN4O2/c13-8-3-9-11(15-5-8)10(1-2-14-9)17-6-7(4-16-17)12(18)19/h1-6H,(H,18,19). The molecule has 0 saturated carbocycles. The van der Waals surface area contributed by atoms with Gasteiger partial charge in [-0.15, -0.1) is 0 Å². The Bertz CT molecular complexity index is 784. The van der Waals surface area contributed by atoms with Crippen molar-refractivity contribution in [3.63, 3.8) is 0 Å². The lowest BCUT2D eigenvalue weighted by atomic mass is 10.3. The molecule has 1 N–H and O–H groups in total. The summed E-state index contributed by atoms with van der Waals surface area (Å²) < 4.78 is 2.31. The van der Waals surface area contributed by atoms with Gasteiger partial charge in [-0.05, 0) is 28.1 Å². The van der Waals surface area contributed by atoms with Crippen molar-refractivity contribution in [1.29, 1.82) is 0 Å². The molecule has 0 atom stereocenters. The second kappa shape index (κ2) is 4.43. The second-order valence-electron chi connectivity index (χ2n) is 3.83. The third kappa shape index (κ3) is 2.08. The summed E-state index contributed by atoms with van der Waals surface area (Å²) in [6, 6.07) is 3.58. The number of aromatic nitrogens is 4. The fraction of sp³-hybridized carbons (Fsp3) is 0. The molecule has 0 aromatic carbocycles. The number of rotatable bonds is 2. The van der Waals surface area contributed by atoms with Crippen LogP contribution in [0.1, 0.15) is 10.4 Å². The molecule has 7 heteroatoms. The van der Waals surface area contributed by atoms with Crippen molar-refractivity contribution in [2.45, 2.75) is 0 Å². The maximum Gasteiger partial charge on any atom is 0.338 e. The maximum absolute atomic E-state index is 10.9. The van der Waals surface area contributed by atoms with Crippen LogP contribution in [0, 0.1) is 0 Å². The lowest BCUT2D eigenvalue weighted by molar-refractivity contribution is 0.0697. The van der Waals surface area contributed by atoms with Gasteiger partial charge in [0, 0.05) is 23.1 Å². The van der Waals surface area contributed by atoms with Crippen LogP contribution in [0.3, 0.4) is 0 Å². The number of carboxylic acids is 1.